The first-order valence-electron chi connectivity index (χ1n) is 7.87. The van der Waals surface area contributed by atoms with E-state index in [0.717, 1.165) is 0 Å². The molecular weight excluding hydrogens is 282 g/mol. The van der Waals surface area contributed by atoms with Crippen LogP contribution in [-0.2, 0) is 14.3 Å². The summed E-state index contributed by atoms with van der Waals surface area (Å²) in [6, 6.07) is -0.228. The molecule has 0 fully saturated rings. The highest BCUT2D eigenvalue weighted by atomic mass is 16.6. The number of hydrogen-bond donors (Lipinski definition) is 0. The Balaban J connectivity index is 5.28. The third-order valence-electron chi connectivity index (χ3n) is 3.10. The van der Waals surface area contributed by atoms with Crippen molar-refractivity contribution in [2.45, 2.75) is 66.5 Å². The van der Waals surface area contributed by atoms with E-state index in [1.54, 1.807) is 14.0 Å². The normalized spacial score (nSPS) is 13.8. The molecule has 22 heavy (non-hydrogen) atoms. The molecule has 0 radical (unpaired) electrons. The van der Waals surface area contributed by atoms with Crippen molar-refractivity contribution >= 4 is 12.1 Å². The van der Waals surface area contributed by atoms with Crippen LogP contribution in [0.25, 0.3) is 0 Å². The maximum atomic E-state index is 12.2. The number of hydrogen-bond acceptors (Lipinski definition) is 4. The van der Waals surface area contributed by atoms with E-state index in [1.165, 1.54) is 4.90 Å². The second-order valence-corrected chi connectivity index (χ2v) is 6.59. The van der Waals surface area contributed by atoms with Crippen molar-refractivity contribution < 1.29 is 19.1 Å². The summed E-state index contributed by atoms with van der Waals surface area (Å²) in [5, 5.41) is 0. The average Bonchev–Trinajstić information content (AvgIpc) is 2.37. The number of ether oxygens (including phenoxy) is 2. The highest BCUT2D eigenvalue weighted by Gasteiger charge is 2.27. The highest BCUT2D eigenvalue weighted by molar-refractivity contribution is 5.88. The van der Waals surface area contributed by atoms with Gasteiger partial charge in [0.15, 0.2) is 0 Å². The molecule has 0 saturated heterocycles. The van der Waals surface area contributed by atoms with Gasteiger partial charge in [0.25, 0.3) is 0 Å². The van der Waals surface area contributed by atoms with Crippen LogP contribution < -0.4 is 0 Å². The molecule has 0 aromatic rings. The van der Waals surface area contributed by atoms with Gasteiger partial charge in [0.2, 0.25) is 0 Å². The summed E-state index contributed by atoms with van der Waals surface area (Å²) >= 11 is 0. The summed E-state index contributed by atoms with van der Waals surface area (Å²) in [5.41, 5.74) is 0.0293. The van der Waals surface area contributed by atoms with Gasteiger partial charge in [-0.15, -0.1) is 0 Å². The Kier molecular flexibility index (Phi) is 8.20. The van der Waals surface area contributed by atoms with E-state index >= 15 is 0 Å². The Labute approximate surface area is 134 Å². The number of carbonyl (C=O) groups excluding carboxylic acids is 2. The predicted octanol–water partition coefficient (Wildman–Crippen LogP) is 3.78. The molecule has 0 rings (SSSR count). The lowest BCUT2D eigenvalue weighted by atomic mass is 9.99. The molecule has 0 unspecified atom stereocenters. The Morgan fingerprint density at radius 3 is 2.09 bits per heavy atom. The lowest BCUT2D eigenvalue weighted by Gasteiger charge is -2.31. The van der Waals surface area contributed by atoms with Crippen molar-refractivity contribution in [1.29, 1.82) is 0 Å². The van der Waals surface area contributed by atoms with E-state index in [4.69, 9.17) is 9.47 Å². The quantitative estimate of drug-likeness (QED) is 0.553. The molecule has 0 bridgehead atoms. The Morgan fingerprint density at radius 1 is 1.18 bits per heavy atom. The molecule has 0 aliphatic heterocycles. The van der Waals surface area contributed by atoms with Crippen LogP contribution in [0.2, 0.25) is 0 Å². The molecule has 1 atom stereocenters. The summed E-state index contributed by atoms with van der Waals surface area (Å²) in [6.45, 7) is 13.5. The zero-order chi connectivity index (χ0) is 17.5. The molecule has 0 aliphatic carbocycles. The minimum Gasteiger partial charge on any atom is -0.463 e. The molecule has 0 heterocycles. The van der Waals surface area contributed by atoms with Crippen LogP contribution in [0.5, 0.6) is 0 Å². The molecule has 0 N–H and O–H groups in total. The number of rotatable bonds is 6. The molecule has 0 aromatic heterocycles. The number of likely N-dealkylation sites (N-methyl/N-ethyl adjacent to an activating group) is 1. The van der Waals surface area contributed by atoms with Gasteiger partial charge < -0.3 is 14.4 Å². The second-order valence-electron chi connectivity index (χ2n) is 6.59. The number of amides is 1. The van der Waals surface area contributed by atoms with Crippen molar-refractivity contribution in [3.8, 4) is 0 Å². The summed E-state index contributed by atoms with van der Waals surface area (Å²) in [4.78, 5) is 25.7. The smallest absolute Gasteiger partial charge is 0.410 e. The van der Waals surface area contributed by atoms with Gasteiger partial charge in [-0.3, -0.25) is 0 Å². The molecule has 5 nitrogen and oxygen atoms in total. The third kappa shape index (κ3) is 6.96. The maximum Gasteiger partial charge on any atom is 0.410 e. The molecule has 0 aliphatic rings. The van der Waals surface area contributed by atoms with Crippen LogP contribution in [0, 0.1) is 5.92 Å². The maximum absolute atomic E-state index is 12.2. The lowest BCUT2D eigenvalue weighted by Crippen LogP contribution is -2.42. The van der Waals surface area contributed by atoms with E-state index in [2.05, 4.69) is 0 Å². The Morgan fingerprint density at radius 2 is 1.73 bits per heavy atom. The average molecular weight is 313 g/mol. The lowest BCUT2D eigenvalue weighted by molar-refractivity contribution is -0.138. The van der Waals surface area contributed by atoms with Gasteiger partial charge in [-0.25, -0.2) is 9.59 Å². The van der Waals surface area contributed by atoms with Crippen molar-refractivity contribution in [2.75, 3.05) is 13.7 Å². The minimum absolute atomic E-state index is 0.147. The van der Waals surface area contributed by atoms with Gasteiger partial charge in [0, 0.05) is 12.6 Å². The summed E-state index contributed by atoms with van der Waals surface area (Å²) in [6.07, 6.45) is 1.97. The first-order valence-corrected chi connectivity index (χ1v) is 7.87. The molecular formula is C17H31NO4. The largest absolute Gasteiger partial charge is 0.463 e. The summed E-state index contributed by atoms with van der Waals surface area (Å²) < 4.78 is 10.4. The summed E-state index contributed by atoms with van der Waals surface area (Å²) in [5.74, 6) is -0.179. The van der Waals surface area contributed by atoms with Crippen LogP contribution in [-0.4, -0.2) is 42.3 Å². The van der Waals surface area contributed by atoms with E-state index in [9.17, 15) is 9.59 Å². The first-order chi connectivity index (χ1) is 10.0. The van der Waals surface area contributed by atoms with Crippen LogP contribution in [0.1, 0.15) is 54.9 Å². The van der Waals surface area contributed by atoms with Gasteiger partial charge in [-0.2, -0.15) is 0 Å². The fourth-order valence-electron chi connectivity index (χ4n) is 1.97. The van der Waals surface area contributed by atoms with Gasteiger partial charge in [0.05, 0.1) is 12.6 Å². The van der Waals surface area contributed by atoms with Gasteiger partial charge in [0.1, 0.15) is 5.60 Å². The Bertz CT molecular complexity index is 407. The monoisotopic (exact) mass is 313 g/mol. The van der Waals surface area contributed by atoms with Crippen LogP contribution in [0.15, 0.2) is 11.6 Å². The second kappa shape index (κ2) is 8.81. The first kappa shape index (κ1) is 20.5. The van der Waals surface area contributed by atoms with Crippen molar-refractivity contribution in [3.63, 3.8) is 0 Å². The topological polar surface area (TPSA) is 55.8 Å². The number of carbonyl (C=O) groups is 2. The van der Waals surface area contributed by atoms with E-state index in [1.807, 2.05) is 47.6 Å². The third-order valence-corrected chi connectivity index (χ3v) is 3.10. The zero-order valence-corrected chi connectivity index (χ0v) is 15.2. The number of esters is 1. The van der Waals surface area contributed by atoms with Gasteiger partial charge in [-0.1, -0.05) is 26.8 Å². The van der Waals surface area contributed by atoms with Crippen molar-refractivity contribution in [2.24, 2.45) is 5.92 Å². The minimum atomic E-state index is -0.550. The van der Waals surface area contributed by atoms with Crippen LogP contribution >= 0.6 is 0 Å². The molecule has 0 saturated carbocycles. The standard InChI is InChI=1S/C17H31NO4/c1-9-13(15(19)21-10-2)11-14(12(3)4)18(8)16(20)22-17(5,6)7/h11-12,14H,9-10H2,1-8H3/b13-11+/t14-/m1/s1. The molecule has 1 amide bonds. The van der Waals surface area contributed by atoms with E-state index < -0.39 is 11.7 Å². The molecule has 0 spiro atoms. The molecule has 0 aromatic carbocycles. The molecule has 5 heteroatoms. The molecule has 128 valence electrons. The van der Waals surface area contributed by atoms with Crippen molar-refractivity contribution in [3.05, 3.63) is 11.6 Å². The van der Waals surface area contributed by atoms with Gasteiger partial charge in [-0.05, 0) is 40.0 Å². The van der Waals surface area contributed by atoms with E-state index in [0.29, 0.717) is 18.6 Å². The SMILES string of the molecule is CCOC(=O)/C(=C/[C@H](C(C)C)N(C)C(=O)OC(C)(C)C)CC. The fraction of sp³-hybridized carbons (Fsp3) is 0.765. The fourth-order valence-corrected chi connectivity index (χ4v) is 1.97. The van der Waals surface area contributed by atoms with Crippen LogP contribution in [0.4, 0.5) is 4.79 Å². The van der Waals surface area contributed by atoms with E-state index in [-0.39, 0.29) is 17.9 Å². The number of nitrogens with zero attached hydrogens (tertiary/aromatic N) is 1. The summed E-state index contributed by atoms with van der Waals surface area (Å²) in [7, 11) is 1.69. The van der Waals surface area contributed by atoms with Crippen LogP contribution in [0.3, 0.4) is 0 Å². The van der Waals surface area contributed by atoms with Crippen molar-refractivity contribution in [1.82, 2.24) is 4.90 Å². The highest BCUT2D eigenvalue weighted by Crippen LogP contribution is 2.18. The zero-order valence-electron chi connectivity index (χ0n) is 15.2. The Hall–Kier alpha value is -1.52. The predicted molar refractivity (Wildman–Crippen MR) is 87.6 cm³/mol. The van der Waals surface area contributed by atoms with Gasteiger partial charge >= 0.3 is 12.1 Å².